The van der Waals surface area contributed by atoms with Crippen molar-refractivity contribution in [2.45, 2.75) is 38.6 Å². The van der Waals surface area contributed by atoms with E-state index in [0.717, 1.165) is 53.8 Å². The summed E-state index contributed by atoms with van der Waals surface area (Å²) >= 11 is 0. The average Bonchev–Trinajstić information content (AvgIpc) is 3.40. The van der Waals surface area contributed by atoms with Gasteiger partial charge in [-0.2, -0.15) is 4.57 Å². The second-order valence-corrected chi connectivity index (χ2v) is 7.65. The molecule has 1 aliphatic carbocycles. The number of hydrogen-bond donors (Lipinski definition) is 1. The van der Waals surface area contributed by atoms with Crippen LogP contribution in [0.1, 0.15) is 37.4 Å². The van der Waals surface area contributed by atoms with Crippen molar-refractivity contribution in [3.05, 3.63) is 71.2 Å². The lowest BCUT2D eigenvalue weighted by atomic mass is 10.2. The molecule has 7 nitrogen and oxygen atoms in total. The van der Waals surface area contributed by atoms with Gasteiger partial charge in [0, 0.05) is 17.8 Å². The van der Waals surface area contributed by atoms with Crippen LogP contribution in [0, 0.1) is 6.92 Å². The van der Waals surface area contributed by atoms with E-state index >= 15 is 0 Å². The minimum absolute atomic E-state index is 0.0119. The SMILES string of the molecule is Cc1nc(-[n+]2ccn(-c3ccc(N)cc3)c2)nc2c1ccc(=O)n2C1CCCC1. The van der Waals surface area contributed by atoms with Gasteiger partial charge in [0.05, 0.1) is 23.5 Å². The molecule has 1 fully saturated rings. The van der Waals surface area contributed by atoms with Crippen LogP contribution in [0.2, 0.25) is 0 Å². The van der Waals surface area contributed by atoms with Crippen molar-refractivity contribution in [3.8, 4) is 11.6 Å². The van der Waals surface area contributed by atoms with E-state index in [1.54, 1.807) is 6.07 Å². The lowest BCUT2D eigenvalue weighted by Gasteiger charge is -2.14. The zero-order chi connectivity index (χ0) is 20.0. The molecule has 7 heteroatoms. The molecule has 0 atom stereocenters. The second kappa shape index (κ2) is 6.84. The number of rotatable bonds is 3. The van der Waals surface area contributed by atoms with Crippen LogP contribution in [-0.4, -0.2) is 19.1 Å². The second-order valence-electron chi connectivity index (χ2n) is 7.65. The number of nitrogen functional groups attached to an aromatic ring is 1. The van der Waals surface area contributed by atoms with E-state index in [9.17, 15) is 4.79 Å². The predicted molar refractivity (Wildman–Crippen MR) is 111 cm³/mol. The van der Waals surface area contributed by atoms with E-state index in [1.807, 2.05) is 69.7 Å². The number of pyridine rings is 1. The molecule has 0 aliphatic heterocycles. The molecule has 1 aliphatic rings. The van der Waals surface area contributed by atoms with Gasteiger partial charge in [0.15, 0.2) is 6.33 Å². The standard InChI is InChI=1S/C22H23N6O/c1-15-19-10-11-20(29)28(18-4-2-3-5-18)21(19)25-22(24-15)27-13-12-26(14-27)17-8-6-16(23)7-9-17/h6-14,18H,2-5,23H2,1H3/q+1. The predicted octanol–water partition coefficient (Wildman–Crippen LogP) is 2.86. The summed E-state index contributed by atoms with van der Waals surface area (Å²) in [4.78, 5) is 22.2. The summed E-state index contributed by atoms with van der Waals surface area (Å²) in [6, 6.07) is 11.4. The van der Waals surface area contributed by atoms with Crippen LogP contribution in [0.4, 0.5) is 5.69 Å². The molecule has 3 aromatic heterocycles. The van der Waals surface area contributed by atoms with Gasteiger partial charge in [-0.3, -0.25) is 13.9 Å². The molecule has 1 saturated carbocycles. The fraction of sp³-hybridized carbons (Fsp3) is 0.273. The molecular formula is C22H23N6O+. The third kappa shape index (κ3) is 3.08. The molecule has 5 rings (SSSR count). The molecule has 146 valence electrons. The van der Waals surface area contributed by atoms with Gasteiger partial charge in [-0.15, -0.1) is 4.98 Å². The Labute approximate surface area is 168 Å². The summed E-state index contributed by atoms with van der Waals surface area (Å²) in [6.45, 7) is 1.97. The highest BCUT2D eigenvalue weighted by molar-refractivity contribution is 5.77. The Hall–Kier alpha value is -3.48. The van der Waals surface area contributed by atoms with E-state index in [2.05, 4.69) is 0 Å². The fourth-order valence-electron chi connectivity index (χ4n) is 4.17. The van der Waals surface area contributed by atoms with Gasteiger partial charge in [0.25, 0.3) is 5.56 Å². The van der Waals surface area contributed by atoms with Crippen molar-refractivity contribution in [3.63, 3.8) is 0 Å². The number of nitrogens with zero attached hydrogens (tertiary/aromatic N) is 5. The molecule has 0 saturated heterocycles. The molecule has 3 heterocycles. The number of aryl methyl sites for hydroxylation is 1. The van der Waals surface area contributed by atoms with Crippen LogP contribution >= 0.6 is 0 Å². The van der Waals surface area contributed by atoms with Crippen LogP contribution in [0.15, 0.2) is 59.9 Å². The first-order chi connectivity index (χ1) is 14.1. The molecule has 4 aromatic rings. The van der Waals surface area contributed by atoms with Gasteiger partial charge in [-0.05, 0) is 50.1 Å². The zero-order valence-corrected chi connectivity index (χ0v) is 16.3. The third-order valence-electron chi connectivity index (χ3n) is 5.71. The summed E-state index contributed by atoms with van der Waals surface area (Å²) in [6.07, 6.45) is 10.2. The highest BCUT2D eigenvalue weighted by atomic mass is 16.1. The number of anilines is 1. The number of aromatic nitrogens is 5. The van der Waals surface area contributed by atoms with Gasteiger partial charge in [0.1, 0.15) is 5.69 Å². The monoisotopic (exact) mass is 387 g/mol. The van der Waals surface area contributed by atoms with Crippen molar-refractivity contribution in [2.24, 2.45) is 0 Å². The Morgan fingerprint density at radius 2 is 1.83 bits per heavy atom. The molecule has 0 bridgehead atoms. The van der Waals surface area contributed by atoms with Crippen LogP contribution < -0.4 is 15.9 Å². The van der Waals surface area contributed by atoms with Crippen molar-refractivity contribution < 1.29 is 4.57 Å². The highest BCUT2D eigenvalue weighted by Crippen LogP contribution is 2.30. The minimum atomic E-state index is 0.0119. The summed E-state index contributed by atoms with van der Waals surface area (Å²) in [5.74, 6) is 0.557. The maximum absolute atomic E-state index is 12.7. The largest absolute Gasteiger partial charge is 0.399 e. The molecule has 0 radical (unpaired) electrons. The Morgan fingerprint density at radius 1 is 1.07 bits per heavy atom. The summed E-state index contributed by atoms with van der Waals surface area (Å²) < 4.78 is 5.73. The van der Waals surface area contributed by atoms with E-state index in [0.29, 0.717) is 5.95 Å². The Bertz CT molecular complexity index is 1250. The Balaban J connectivity index is 1.63. The summed E-state index contributed by atoms with van der Waals surface area (Å²) in [5, 5.41) is 0.929. The average molecular weight is 387 g/mol. The molecular weight excluding hydrogens is 364 g/mol. The fourth-order valence-corrected chi connectivity index (χ4v) is 4.17. The van der Waals surface area contributed by atoms with Crippen LogP contribution in [0.5, 0.6) is 0 Å². The number of imidazole rings is 1. The maximum atomic E-state index is 12.7. The van der Waals surface area contributed by atoms with Gasteiger partial charge < -0.3 is 5.73 Å². The molecule has 0 unspecified atom stereocenters. The van der Waals surface area contributed by atoms with Crippen LogP contribution in [0.25, 0.3) is 22.7 Å². The number of nitrogens with two attached hydrogens (primary N) is 1. The first-order valence-electron chi connectivity index (χ1n) is 9.95. The molecule has 0 spiro atoms. The number of fused-ring (bicyclic) bond motifs is 1. The maximum Gasteiger partial charge on any atom is 0.391 e. The normalized spacial score (nSPS) is 14.7. The van der Waals surface area contributed by atoms with Gasteiger partial charge in [-0.25, -0.2) is 0 Å². The first-order valence-corrected chi connectivity index (χ1v) is 9.95. The van der Waals surface area contributed by atoms with Gasteiger partial charge in [-0.1, -0.05) is 17.8 Å². The van der Waals surface area contributed by atoms with E-state index in [1.165, 1.54) is 0 Å². The molecule has 2 N–H and O–H groups in total. The van der Waals surface area contributed by atoms with Gasteiger partial charge in [0.2, 0.25) is 5.65 Å². The van der Waals surface area contributed by atoms with E-state index < -0.39 is 0 Å². The highest BCUT2D eigenvalue weighted by Gasteiger charge is 2.24. The lowest BCUT2D eigenvalue weighted by Crippen LogP contribution is -2.32. The van der Waals surface area contributed by atoms with Crippen LogP contribution in [-0.2, 0) is 0 Å². The molecule has 1 aromatic carbocycles. The van der Waals surface area contributed by atoms with Crippen molar-refractivity contribution in [2.75, 3.05) is 5.73 Å². The minimum Gasteiger partial charge on any atom is -0.399 e. The lowest BCUT2D eigenvalue weighted by molar-refractivity contribution is -0.602. The van der Waals surface area contributed by atoms with Crippen molar-refractivity contribution in [1.82, 2.24) is 19.1 Å². The Kier molecular flexibility index (Phi) is 4.16. The quantitative estimate of drug-likeness (QED) is 0.433. The molecule has 29 heavy (non-hydrogen) atoms. The van der Waals surface area contributed by atoms with Crippen LogP contribution in [0.3, 0.4) is 0 Å². The Morgan fingerprint density at radius 3 is 2.59 bits per heavy atom. The number of hydrogen-bond acceptors (Lipinski definition) is 4. The van der Waals surface area contributed by atoms with Gasteiger partial charge >= 0.3 is 5.95 Å². The molecule has 0 amide bonds. The smallest absolute Gasteiger partial charge is 0.391 e. The van der Waals surface area contributed by atoms with Crippen molar-refractivity contribution in [1.29, 1.82) is 0 Å². The summed E-state index contributed by atoms with van der Waals surface area (Å²) in [5.41, 5.74) is 9.11. The first kappa shape index (κ1) is 17.6. The van der Waals surface area contributed by atoms with E-state index in [4.69, 9.17) is 15.7 Å². The van der Waals surface area contributed by atoms with Crippen molar-refractivity contribution >= 4 is 16.7 Å². The topological polar surface area (TPSA) is 82.6 Å². The zero-order valence-electron chi connectivity index (χ0n) is 16.3. The number of benzene rings is 1. The third-order valence-corrected chi connectivity index (χ3v) is 5.71. The van der Waals surface area contributed by atoms with E-state index in [-0.39, 0.29) is 11.6 Å². The summed E-state index contributed by atoms with van der Waals surface area (Å²) in [7, 11) is 0.